The van der Waals surface area contributed by atoms with Crippen LogP contribution in [0.25, 0.3) is 16.3 Å². The normalized spacial score (nSPS) is 12.1. The van der Waals surface area contributed by atoms with Gasteiger partial charge in [0.1, 0.15) is 17.3 Å². The Hall–Kier alpha value is -4.30. The van der Waals surface area contributed by atoms with Crippen LogP contribution in [0, 0.1) is 5.82 Å². The molecule has 8 heteroatoms. The summed E-state index contributed by atoms with van der Waals surface area (Å²) >= 11 is 0. The molecule has 3 aromatic heterocycles. The highest BCUT2D eigenvalue weighted by atomic mass is 19.1. The van der Waals surface area contributed by atoms with Gasteiger partial charge in [-0.2, -0.15) is 0 Å². The minimum Gasteiger partial charge on any atom is -0.336 e. The van der Waals surface area contributed by atoms with E-state index in [1.807, 2.05) is 50.3 Å². The standard InChI is InChI=1S/C33H38FN5O2/c1-6-9-24-16-26-13-15-39(33(41)31(26)28(34)17-24)14-8-7-10-23(4)27-18-29(32(40)38(5)21-27)37-30-12-11-25(20-36-30)19-35-22(2)3/h7-8,10-13,15-18,20-22,35H,6,9,14,19H2,1-5H3,(H,36,37)/b8-7-,23-10+. The lowest BCUT2D eigenvalue weighted by atomic mass is 10.0. The number of anilines is 2. The number of hydrogen-bond donors (Lipinski definition) is 2. The summed E-state index contributed by atoms with van der Waals surface area (Å²) in [5, 5.41) is 7.25. The van der Waals surface area contributed by atoms with Crippen LogP contribution in [0.3, 0.4) is 0 Å². The van der Waals surface area contributed by atoms with Crippen molar-refractivity contribution in [1.82, 2.24) is 19.4 Å². The van der Waals surface area contributed by atoms with Gasteiger partial charge in [0.05, 0.1) is 5.39 Å². The molecule has 0 saturated carbocycles. The number of pyridine rings is 3. The molecule has 0 atom stereocenters. The summed E-state index contributed by atoms with van der Waals surface area (Å²) in [6.07, 6.45) is 12.6. The van der Waals surface area contributed by atoms with Crippen LogP contribution < -0.4 is 21.8 Å². The zero-order valence-corrected chi connectivity index (χ0v) is 24.4. The highest BCUT2D eigenvalue weighted by molar-refractivity contribution is 5.82. The van der Waals surface area contributed by atoms with E-state index in [0.717, 1.165) is 41.6 Å². The smallest absolute Gasteiger partial charge is 0.274 e. The van der Waals surface area contributed by atoms with Crippen LogP contribution in [-0.2, 0) is 26.6 Å². The number of aryl methyl sites for hydroxylation is 2. The molecule has 41 heavy (non-hydrogen) atoms. The van der Waals surface area contributed by atoms with Gasteiger partial charge in [0, 0.05) is 44.8 Å². The Morgan fingerprint density at radius 3 is 2.61 bits per heavy atom. The molecule has 0 bridgehead atoms. The van der Waals surface area contributed by atoms with Crippen molar-refractivity contribution in [2.75, 3.05) is 5.32 Å². The van der Waals surface area contributed by atoms with Gasteiger partial charge < -0.3 is 19.8 Å². The third kappa shape index (κ3) is 7.46. The second-order valence-corrected chi connectivity index (χ2v) is 10.6. The molecule has 2 N–H and O–H groups in total. The molecule has 0 fully saturated rings. The molecule has 0 amide bonds. The molecule has 3 heterocycles. The van der Waals surface area contributed by atoms with Crippen molar-refractivity contribution in [3.05, 3.63) is 116 Å². The zero-order chi connectivity index (χ0) is 29.5. The van der Waals surface area contributed by atoms with Gasteiger partial charge in [-0.3, -0.25) is 9.59 Å². The maximum absolute atomic E-state index is 14.7. The SMILES string of the molecule is CCCc1cc(F)c2c(=O)n(C/C=C\C=C(/C)c3cc(Nc4ccc(CNC(C)C)cn4)c(=O)n(C)c3)ccc2c1. The lowest BCUT2D eigenvalue weighted by Crippen LogP contribution is -2.22. The highest BCUT2D eigenvalue weighted by Crippen LogP contribution is 2.20. The number of allylic oxidation sites excluding steroid dienone is 4. The number of nitrogens with one attached hydrogen (secondary N) is 2. The van der Waals surface area contributed by atoms with Crippen LogP contribution in [0.2, 0.25) is 0 Å². The number of fused-ring (bicyclic) bond motifs is 1. The number of rotatable bonds is 11. The number of halogens is 1. The van der Waals surface area contributed by atoms with Gasteiger partial charge in [0.2, 0.25) is 0 Å². The molecule has 1 aromatic carbocycles. The summed E-state index contributed by atoms with van der Waals surface area (Å²) in [6.45, 7) is 9.22. The van der Waals surface area contributed by atoms with Gasteiger partial charge in [-0.05, 0) is 65.3 Å². The van der Waals surface area contributed by atoms with E-state index in [1.54, 1.807) is 37.8 Å². The first-order valence-electron chi connectivity index (χ1n) is 14.0. The van der Waals surface area contributed by atoms with Crippen LogP contribution in [0.1, 0.15) is 50.8 Å². The van der Waals surface area contributed by atoms with Crippen LogP contribution in [0.4, 0.5) is 15.9 Å². The molecule has 4 rings (SSSR count). The van der Waals surface area contributed by atoms with Gasteiger partial charge in [0.15, 0.2) is 0 Å². The fourth-order valence-electron chi connectivity index (χ4n) is 4.56. The van der Waals surface area contributed by atoms with Gasteiger partial charge in [-0.1, -0.05) is 57.6 Å². The molecule has 214 valence electrons. The first-order valence-corrected chi connectivity index (χ1v) is 14.0. The van der Waals surface area contributed by atoms with E-state index in [9.17, 15) is 14.0 Å². The molecule has 0 radical (unpaired) electrons. The molecular formula is C33H38FN5O2. The summed E-state index contributed by atoms with van der Waals surface area (Å²) < 4.78 is 17.8. The third-order valence-corrected chi connectivity index (χ3v) is 6.85. The Labute approximate surface area is 240 Å². The van der Waals surface area contributed by atoms with Gasteiger partial charge >= 0.3 is 0 Å². The van der Waals surface area contributed by atoms with E-state index in [-0.39, 0.29) is 16.5 Å². The molecule has 4 aromatic rings. The summed E-state index contributed by atoms with van der Waals surface area (Å²) in [5.74, 6) is 0.117. The molecule has 7 nitrogen and oxygen atoms in total. The van der Waals surface area contributed by atoms with Crippen molar-refractivity contribution in [3.8, 4) is 0 Å². The summed E-state index contributed by atoms with van der Waals surface area (Å²) in [7, 11) is 1.71. The van der Waals surface area contributed by atoms with E-state index < -0.39 is 5.82 Å². The summed E-state index contributed by atoms with van der Waals surface area (Å²) in [5.41, 5.74) is 3.68. The minimum absolute atomic E-state index is 0.120. The third-order valence-electron chi connectivity index (χ3n) is 6.85. The number of benzene rings is 1. The van der Waals surface area contributed by atoms with Crippen LogP contribution in [0.5, 0.6) is 0 Å². The average molecular weight is 556 g/mol. The molecule has 0 unspecified atom stereocenters. The van der Waals surface area contributed by atoms with E-state index >= 15 is 0 Å². The number of hydrogen-bond acceptors (Lipinski definition) is 5. The Morgan fingerprint density at radius 2 is 1.90 bits per heavy atom. The maximum Gasteiger partial charge on any atom is 0.274 e. The molecule has 0 aliphatic carbocycles. The van der Waals surface area contributed by atoms with Crippen molar-refractivity contribution < 1.29 is 4.39 Å². The quantitative estimate of drug-likeness (QED) is 0.219. The van der Waals surface area contributed by atoms with Gasteiger partial charge in [0.25, 0.3) is 11.1 Å². The minimum atomic E-state index is -0.474. The van der Waals surface area contributed by atoms with Gasteiger partial charge in [-0.25, -0.2) is 9.37 Å². The first-order chi connectivity index (χ1) is 19.7. The van der Waals surface area contributed by atoms with E-state index in [0.29, 0.717) is 29.5 Å². The van der Waals surface area contributed by atoms with Gasteiger partial charge in [-0.15, -0.1) is 0 Å². The van der Waals surface area contributed by atoms with E-state index in [4.69, 9.17) is 0 Å². The zero-order valence-electron chi connectivity index (χ0n) is 24.4. The van der Waals surface area contributed by atoms with Crippen LogP contribution in [0.15, 0.2) is 82.8 Å². The lowest BCUT2D eigenvalue weighted by Gasteiger charge is -2.11. The molecule has 0 spiro atoms. The first kappa shape index (κ1) is 29.7. The highest BCUT2D eigenvalue weighted by Gasteiger charge is 2.10. The van der Waals surface area contributed by atoms with Crippen LogP contribution >= 0.6 is 0 Å². The predicted octanol–water partition coefficient (Wildman–Crippen LogP) is 6.09. The van der Waals surface area contributed by atoms with Crippen LogP contribution in [-0.4, -0.2) is 20.2 Å². The van der Waals surface area contributed by atoms with Crippen molar-refractivity contribution in [1.29, 1.82) is 0 Å². The fraction of sp³-hybridized carbons (Fsp3) is 0.303. The molecule has 0 aliphatic rings. The van der Waals surface area contributed by atoms with Crippen molar-refractivity contribution in [2.45, 2.75) is 59.7 Å². The Balaban J connectivity index is 1.48. The summed E-state index contributed by atoms with van der Waals surface area (Å²) in [4.78, 5) is 30.2. The predicted molar refractivity (Wildman–Crippen MR) is 166 cm³/mol. The molecule has 0 aliphatic heterocycles. The maximum atomic E-state index is 14.7. The Bertz CT molecular complexity index is 1700. The Kier molecular flexibility index (Phi) is 9.68. The van der Waals surface area contributed by atoms with Crippen molar-refractivity contribution in [3.63, 3.8) is 0 Å². The van der Waals surface area contributed by atoms with E-state index in [1.165, 1.54) is 15.2 Å². The fourth-order valence-corrected chi connectivity index (χ4v) is 4.56. The number of aromatic nitrogens is 3. The molecule has 0 saturated heterocycles. The average Bonchev–Trinajstić information content (AvgIpc) is 2.94. The van der Waals surface area contributed by atoms with Crippen molar-refractivity contribution >= 4 is 27.9 Å². The number of nitrogens with zero attached hydrogens (tertiary/aromatic N) is 3. The van der Waals surface area contributed by atoms with Crippen molar-refractivity contribution in [2.24, 2.45) is 7.05 Å². The van der Waals surface area contributed by atoms with E-state index in [2.05, 4.69) is 29.5 Å². The largest absolute Gasteiger partial charge is 0.336 e. The Morgan fingerprint density at radius 1 is 1.10 bits per heavy atom. The second kappa shape index (κ2) is 13.4. The summed E-state index contributed by atoms with van der Waals surface area (Å²) in [6, 6.07) is 11.2. The topological polar surface area (TPSA) is 81.0 Å². The lowest BCUT2D eigenvalue weighted by molar-refractivity contribution is 0.588. The molecular weight excluding hydrogens is 517 g/mol. The second-order valence-electron chi connectivity index (χ2n) is 10.6. The monoisotopic (exact) mass is 555 g/mol.